The van der Waals surface area contributed by atoms with Crippen molar-refractivity contribution in [3.05, 3.63) is 71.3 Å². The Morgan fingerprint density at radius 2 is 1.79 bits per heavy atom. The van der Waals surface area contributed by atoms with Gasteiger partial charge in [-0.25, -0.2) is 0 Å². The van der Waals surface area contributed by atoms with Crippen LogP contribution in [0.2, 0.25) is 0 Å². The van der Waals surface area contributed by atoms with Gasteiger partial charge in [-0.1, -0.05) is 36.0 Å². The van der Waals surface area contributed by atoms with Gasteiger partial charge in [-0.05, 0) is 80.1 Å². The zero-order valence-electron chi connectivity index (χ0n) is 16.1. The molecule has 4 aliphatic carbocycles. The maximum Gasteiger partial charge on any atom is 0.115 e. The van der Waals surface area contributed by atoms with Gasteiger partial charge in [0.1, 0.15) is 11.5 Å². The number of hydrogen-bond acceptors (Lipinski definition) is 4. The van der Waals surface area contributed by atoms with Crippen LogP contribution in [0.15, 0.2) is 71.3 Å². The van der Waals surface area contributed by atoms with Gasteiger partial charge in [0.25, 0.3) is 0 Å². The molecular formula is C24H30O4. The third-order valence-electron chi connectivity index (χ3n) is 6.69. The van der Waals surface area contributed by atoms with Crippen LogP contribution in [-0.4, -0.2) is 32.6 Å². The Hall–Kier alpha value is -2.04. The van der Waals surface area contributed by atoms with Gasteiger partial charge in [-0.2, -0.15) is 0 Å². The maximum atomic E-state index is 11.1. The number of rotatable bonds is 4. The van der Waals surface area contributed by atoms with Crippen molar-refractivity contribution in [2.24, 2.45) is 23.7 Å². The first-order chi connectivity index (χ1) is 13.5. The van der Waals surface area contributed by atoms with Crippen molar-refractivity contribution in [2.75, 3.05) is 0 Å². The molecule has 150 valence electrons. The predicted molar refractivity (Wildman–Crippen MR) is 110 cm³/mol. The van der Waals surface area contributed by atoms with E-state index in [1.165, 1.54) is 5.57 Å². The minimum Gasteiger partial charge on any atom is -0.508 e. The molecule has 6 atom stereocenters. The zero-order valence-corrected chi connectivity index (χ0v) is 16.1. The van der Waals surface area contributed by atoms with Gasteiger partial charge >= 0.3 is 0 Å². The highest BCUT2D eigenvalue weighted by atomic mass is 16.3. The molecule has 0 aromatic rings. The average Bonchev–Trinajstić information content (AvgIpc) is 2.69. The highest BCUT2D eigenvalue weighted by Crippen LogP contribution is 2.48. The van der Waals surface area contributed by atoms with Crippen LogP contribution in [0.3, 0.4) is 0 Å². The van der Waals surface area contributed by atoms with Crippen LogP contribution in [0, 0.1) is 23.7 Å². The molecule has 4 N–H and O–H groups in total. The van der Waals surface area contributed by atoms with E-state index < -0.39 is 12.2 Å². The second-order valence-corrected chi connectivity index (χ2v) is 8.63. The molecule has 4 nitrogen and oxygen atoms in total. The maximum absolute atomic E-state index is 11.1. The standard InChI is InChI=1S/C24H30O4/c25-19-8-4-15(5-9-19)12-17-14-18(13-16-6-10-20(26)11-7-16)24(28)21-2-1-3-22(27)23(17)21/h1,3-4,6-10,15,17-18,20-21,24-28H,2,5,11-14H2/t15?,17?,18?,20?,21-,24?/m1/s1. The Morgan fingerprint density at radius 3 is 2.50 bits per heavy atom. The first-order valence-electron chi connectivity index (χ1n) is 10.4. The van der Waals surface area contributed by atoms with Gasteiger partial charge in [-0.15, -0.1) is 0 Å². The zero-order chi connectivity index (χ0) is 19.7. The minimum absolute atomic E-state index is 0.0241. The SMILES string of the molecule is OC1=CCC(CC2CC(CC3=CCC(O)C=C3)C(O)[C@@H]3CC=CC(O)=C23)C=C1. The summed E-state index contributed by atoms with van der Waals surface area (Å²) in [4.78, 5) is 0. The summed E-state index contributed by atoms with van der Waals surface area (Å²) < 4.78 is 0. The lowest BCUT2D eigenvalue weighted by Gasteiger charge is -2.44. The van der Waals surface area contributed by atoms with Gasteiger partial charge < -0.3 is 20.4 Å². The van der Waals surface area contributed by atoms with Crippen molar-refractivity contribution in [1.29, 1.82) is 0 Å². The van der Waals surface area contributed by atoms with Crippen molar-refractivity contribution in [1.82, 2.24) is 0 Å². The Bertz CT molecular complexity index is 782. The summed E-state index contributed by atoms with van der Waals surface area (Å²) in [6, 6.07) is 0. The number of aliphatic hydroxyl groups is 4. The predicted octanol–water partition coefficient (Wildman–Crippen LogP) is 4.42. The van der Waals surface area contributed by atoms with Crippen LogP contribution in [0.1, 0.15) is 38.5 Å². The molecule has 4 heteroatoms. The molecule has 4 rings (SSSR count). The van der Waals surface area contributed by atoms with Crippen LogP contribution in [0.5, 0.6) is 0 Å². The molecule has 5 unspecified atom stereocenters. The quantitative estimate of drug-likeness (QED) is 0.580. The second-order valence-electron chi connectivity index (χ2n) is 8.63. The summed E-state index contributed by atoms with van der Waals surface area (Å²) in [5.74, 6) is 1.34. The van der Waals surface area contributed by atoms with Crippen molar-refractivity contribution in [3.8, 4) is 0 Å². The third-order valence-corrected chi connectivity index (χ3v) is 6.69. The lowest BCUT2D eigenvalue weighted by Crippen LogP contribution is -2.41. The molecule has 4 aliphatic rings. The Balaban J connectivity index is 1.53. The van der Waals surface area contributed by atoms with E-state index in [2.05, 4.69) is 12.2 Å². The largest absolute Gasteiger partial charge is 0.508 e. The summed E-state index contributed by atoms with van der Waals surface area (Å²) in [5, 5.41) is 40.9. The molecule has 0 heterocycles. The van der Waals surface area contributed by atoms with Gasteiger partial charge in [0.05, 0.1) is 12.2 Å². The molecule has 1 saturated carbocycles. The van der Waals surface area contributed by atoms with E-state index >= 15 is 0 Å². The number of hydrogen-bond donors (Lipinski definition) is 4. The first-order valence-corrected chi connectivity index (χ1v) is 10.4. The molecule has 0 radical (unpaired) electrons. The number of aliphatic hydroxyl groups excluding tert-OH is 4. The molecule has 0 spiro atoms. The summed E-state index contributed by atoms with van der Waals surface area (Å²) in [7, 11) is 0. The van der Waals surface area contributed by atoms with Crippen LogP contribution in [-0.2, 0) is 0 Å². The highest BCUT2D eigenvalue weighted by Gasteiger charge is 2.42. The summed E-state index contributed by atoms with van der Waals surface area (Å²) in [6.07, 6.45) is 19.2. The highest BCUT2D eigenvalue weighted by molar-refractivity contribution is 5.33. The topological polar surface area (TPSA) is 80.9 Å². The van der Waals surface area contributed by atoms with E-state index in [1.54, 1.807) is 12.2 Å². The summed E-state index contributed by atoms with van der Waals surface area (Å²) in [6.45, 7) is 0. The Morgan fingerprint density at radius 1 is 0.929 bits per heavy atom. The van der Waals surface area contributed by atoms with Crippen molar-refractivity contribution >= 4 is 0 Å². The summed E-state index contributed by atoms with van der Waals surface area (Å²) in [5.41, 5.74) is 2.20. The van der Waals surface area contributed by atoms with Gasteiger partial charge in [0.2, 0.25) is 0 Å². The van der Waals surface area contributed by atoms with E-state index in [0.717, 1.165) is 37.7 Å². The Kier molecular flexibility index (Phi) is 5.61. The van der Waals surface area contributed by atoms with E-state index in [0.29, 0.717) is 23.9 Å². The van der Waals surface area contributed by atoms with E-state index in [4.69, 9.17) is 0 Å². The monoisotopic (exact) mass is 382 g/mol. The first kappa shape index (κ1) is 19.3. The van der Waals surface area contributed by atoms with E-state index in [9.17, 15) is 20.4 Å². The van der Waals surface area contributed by atoms with Gasteiger partial charge in [0, 0.05) is 5.92 Å². The fraction of sp³-hybridized carbons (Fsp3) is 0.500. The lowest BCUT2D eigenvalue weighted by atomic mass is 9.63. The fourth-order valence-corrected chi connectivity index (χ4v) is 5.26. The Labute approximate surface area is 166 Å². The third kappa shape index (κ3) is 4.03. The van der Waals surface area contributed by atoms with E-state index in [-0.39, 0.29) is 17.8 Å². The molecule has 0 aromatic carbocycles. The molecule has 0 amide bonds. The van der Waals surface area contributed by atoms with Crippen molar-refractivity contribution in [2.45, 2.75) is 50.7 Å². The average molecular weight is 383 g/mol. The van der Waals surface area contributed by atoms with Crippen LogP contribution < -0.4 is 0 Å². The normalized spacial score (nSPS) is 37.5. The number of allylic oxidation sites excluding steroid dienone is 7. The molecule has 1 fully saturated rings. The van der Waals surface area contributed by atoms with Crippen LogP contribution in [0.4, 0.5) is 0 Å². The smallest absolute Gasteiger partial charge is 0.115 e. The molecule has 0 saturated heterocycles. The van der Waals surface area contributed by atoms with Crippen LogP contribution in [0.25, 0.3) is 0 Å². The molecular weight excluding hydrogens is 352 g/mol. The van der Waals surface area contributed by atoms with Gasteiger partial charge in [-0.3, -0.25) is 0 Å². The molecule has 0 bridgehead atoms. The van der Waals surface area contributed by atoms with E-state index in [1.807, 2.05) is 24.3 Å². The molecule has 28 heavy (non-hydrogen) atoms. The lowest BCUT2D eigenvalue weighted by molar-refractivity contribution is 0.0226. The minimum atomic E-state index is -0.467. The fourth-order valence-electron chi connectivity index (χ4n) is 5.26. The van der Waals surface area contributed by atoms with Gasteiger partial charge in [0.15, 0.2) is 0 Å². The molecule has 0 aromatic heterocycles. The van der Waals surface area contributed by atoms with Crippen molar-refractivity contribution in [3.63, 3.8) is 0 Å². The van der Waals surface area contributed by atoms with Crippen LogP contribution >= 0.6 is 0 Å². The summed E-state index contributed by atoms with van der Waals surface area (Å²) >= 11 is 0. The number of fused-ring (bicyclic) bond motifs is 1. The molecule has 0 aliphatic heterocycles. The van der Waals surface area contributed by atoms with Crippen molar-refractivity contribution < 1.29 is 20.4 Å². The second kappa shape index (κ2) is 8.14.